The Morgan fingerprint density at radius 2 is 1.88 bits per heavy atom. The summed E-state index contributed by atoms with van der Waals surface area (Å²) in [7, 11) is 1.82. The van der Waals surface area contributed by atoms with Crippen molar-refractivity contribution in [1.82, 2.24) is 20.1 Å². The van der Waals surface area contributed by atoms with Gasteiger partial charge in [0.25, 0.3) is 0 Å². The molecule has 11 nitrogen and oxygen atoms in total. The lowest BCUT2D eigenvalue weighted by molar-refractivity contribution is -0.133. The molecule has 0 bridgehead atoms. The number of piperidine rings is 2. The van der Waals surface area contributed by atoms with E-state index in [1.165, 1.54) is 0 Å². The number of ether oxygens (including phenoxy) is 2. The standard InChI is InChI=1S/C30H48N6O5/c1-19(2)36(17-20-11-13-35(14-12-20)29(39)41-30(3,4)5)22-15-23(16-22)40-18-21-7-9-25(33-27(21)31-6)32-24-8-10-26(37)34-28(24)38/h7,9,19-20,22-24H,8,10-18H2,1-6H3,(H2,31,32,33)(H,34,37,38). The van der Waals surface area contributed by atoms with Crippen LogP contribution in [0.3, 0.4) is 0 Å². The molecule has 0 spiro atoms. The Bertz CT molecular complexity index is 1080. The van der Waals surface area contributed by atoms with Gasteiger partial charge < -0.3 is 25.0 Å². The minimum atomic E-state index is -0.472. The zero-order chi connectivity index (χ0) is 29.7. The minimum Gasteiger partial charge on any atom is -0.444 e. The molecule has 3 aliphatic rings. The van der Waals surface area contributed by atoms with Crippen molar-refractivity contribution < 1.29 is 23.9 Å². The van der Waals surface area contributed by atoms with Gasteiger partial charge in [-0.2, -0.15) is 0 Å². The third-order valence-electron chi connectivity index (χ3n) is 8.19. The molecular formula is C30H48N6O5. The predicted octanol–water partition coefficient (Wildman–Crippen LogP) is 3.75. The van der Waals surface area contributed by atoms with Crippen LogP contribution in [0.25, 0.3) is 0 Å². The molecule has 2 aliphatic heterocycles. The second-order valence-electron chi connectivity index (χ2n) is 12.9. The van der Waals surface area contributed by atoms with Gasteiger partial charge in [-0.25, -0.2) is 9.78 Å². The number of hydrogen-bond acceptors (Lipinski definition) is 9. The van der Waals surface area contributed by atoms with Gasteiger partial charge >= 0.3 is 6.09 Å². The maximum atomic E-state index is 12.4. The molecule has 4 rings (SSSR count). The van der Waals surface area contributed by atoms with E-state index in [1.807, 2.05) is 44.9 Å². The third-order valence-corrected chi connectivity index (χ3v) is 8.19. The topological polar surface area (TPSA) is 125 Å². The highest BCUT2D eigenvalue weighted by Gasteiger charge is 2.37. The number of aromatic nitrogens is 1. The van der Waals surface area contributed by atoms with Gasteiger partial charge in [0.15, 0.2) is 0 Å². The van der Waals surface area contributed by atoms with E-state index in [1.54, 1.807) is 0 Å². The maximum absolute atomic E-state index is 12.4. The van der Waals surface area contributed by atoms with Gasteiger partial charge in [0.05, 0.1) is 12.7 Å². The number of pyridine rings is 1. The van der Waals surface area contributed by atoms with Crippen LogP contribution in [-0.4, -0.2) is 89.2 Å². The monoisotopic (exact) mass is 572 g/mol. The van der Waals surface area contributed by atoms with E-state index in [0.717, 1.165) is 50.9 Å². The quantitative estimate of drug-likeness (QED) is 0.360. The Morgan fingerprint density at radius 1 is 1.17 bits per heavy atom. The SMILES string of the molecule is CNc1nc(NC2CCC(=O)NC2=O)ccc1COC1CC(N(CC2CCN(C(=O)OC(C)(C)C)CC2)C(C)C)C1. The number of amides is 3. The molecule has 1 saturated carbocycles. The number of carbonyl (C=O) groups excluding carboxylic acids is 3. The summed E-state index contributed by atoms with van der Waals surface area (Å²) in [6.07, 6.45) is 4.80. The van der Waals surface area contributed by atoms with Gasteiger partial charge in [0.2, 0.25) is 11.8 Å². The van der Waals surface area contributed by atoms with E-state index < -0.39 is 11.6 Å². The normalized spacial score (nSPS) is 23.8. The molecule has 0 radical (unpaired) electrons. The lowest BCUT2D eigenvalue weighted by Crippen LogP contribution is -2.53. The van der Waals surface area contributed by atoms with E-state index in [9.17, 15) is 14.4 Å². The molecule has 228 valence electrons. The van der Waals surface area contributed by atoms with Gasteiger partial charge in [0, 0.05) is 50.7 Å². The fourth-order valence-corrected chi connectivity index (χ4v) is 5.77. The maximum Gasteiger partial charge on any atom is 0.410 e. The van der Waals surface area contributed by atoms with Crippen molar-refractivity contribution in [1.29, 1.82) is 0 Å². The van der Waals surface area contributed by atoms with Gasteiger partial charge in [-0.1, -0.05) is 0 Å². The first kappa shape index (κ1) is 31.0. The highest BCUT2D eigenvalue weighted by molar-refractivity contribution is 6.01. The van der Waals surface area contributed by atoms with Crippen LogP contribution in [0, 0.1) is 5.92 Å². The smallest absolute Gasteiger partial charge is 0.410 e. The number of nitrogens with one attached hydrogen (secondary N) is 3. The van der Waals surface area contributed by atoms with Crippen molar-refractivity contribution in [3.63, 3.8) is 0 Å². The Kier molecular flexibility index (Phi) is 10.1. The summed E-state index contributed by atoms with van der Waals surface area (Å²) in [6.45, 7) is 13.3. The summed E-state index contributed by atoms with van der Waals surface area (Å²) >= 11 is 0. The second kappa shape index (κ2) is 13.4. The molecule has 2 saturated heterocycles. The van der Waals surface area contributed by atoms with Gasteiger partial charge in [-0.3, -0.25) is 19.8 Å². The molecule has 3 amide bonds. The van der Waals surface area contributed by atoms with Crippen LogP contribution in [0.5, 0.6) is 0 Å². The molecule has 11 heteroatoms. The highest BCUT2D eigenvalue weighted by atomic mass is 16.6. The van der Waals surface area contributed by atoms with Crippen molar-refractivity contribution in [3.05, 3.63) is 17.7 Å². The van der Waals surface area contributed by atoms with Crippen molar-refractivity contribution in [2.24, 2.45) is 5.92 Å². The third kappa shape index (κ3) is 8.54. The Hall–Kier alpha value is -2.92. The summed E-state index contributed by atoms with van der Waals surface area (Å²) < 4.78 is 11.8. The molecule has 1 aliphatic carbocycles. The van der Waals surface area contributed by atoms with Crippen molar-refractivity contribution in [2.45, 2.75) is 110 Å². The number of rotatable bonds is 10. The van der Waals surface area contributed by atoms with Crippen LogP contribution in [0.1, 0.15) is 78.7 Å². The van der Waals surface area contributed by atoms with E-state index in [2.05, 4.69) is 39.7 Å². The summed E-state index contributed by atoms with van der Waals surface area (Å²) in [5.41, 5.74) is 0.497. The first-order valence-electron chi connectivity index (χ1n) is 15.0. The molecule has 1 unspecified atom stereocenters. The highest BCUT2D eigenvalue weighted by Crippen LogP contribution is 2.33. The molecule has 3 heterocycles. The number of carbonyl (C=O) groups is 3. The van der Waals surface area contributed by atoms with Crippen LogP contribution in [0.15, 0.2) is 12.1 Å². The molecule has 1 atom stereocenters. The number of nitrogens with zero attached hydrogens (tertiary/aromatic N) is 3. The molecular weight excluding hydrogens is 524 g/mol. The number of imide groups is 1. The van der Waals surface area contributed by atoms with Gasteiger partial charge in [-0.05, 0) is 84.8 Å². The summed E-state index contributed by atoms with van der Waals surface area (Å²) in [5, 5.41) is 8.63. The van der Waals surface area contributed by atoms with Crippen LogP contribution in [0.4, 0.5) is 16.4 Å². The van der Waals surface area contributed by atoms with E-state index in [0.29, 0.717) is 49.1 Å². The molecule has 41 heavy (non-hydrogen) atoms. The Labute approximate surface area is 244 Å². The average molecular weight is 573 g/mol. The average Bonchev–Trinajstić information content (AvgIpc) is 2.88. The second-order valence-corrected chi connectivity index (χ2v) is 12.9. The zero-order valence-electron chi connectivity index (χ0n) is 25.5. The van der Waals surface area contributed by atoms with Gasteiger partial charge in [-0.15, -0.1) is 0 Å². The first-order chi connectivity index (χ1) is 19.4. The van der Waals surface area contributed by atoms with Crippen LogP contribution in [-0.2, 0) is 25.7 Å². The number of hydrogen-bond donors (Lipinski definition) is 3. The van der Waals surface area contributed by atoms with E-state index in [4.69, 9.17) is 9.47 Å². The lowest BCUT2D eigenvalue weighted by atomic mass is 9.85. The van der Waals surface area contributed by atoms with Crippen molar-refractivity contribution >= 4 is 29.5 Å². The number of likely N-dealkylation sites (tertiary alicyclic amines) is 1. The summed E-state index contributed by atoms with van der Waals surface area (Å²) in [4.78, 5) is 45.0. The first-order valence-corrected chi connectivity index (χ1v) is 15.0. The van der Waals surface area contributed by atoms with Crippen LogP contribution < -0.4 is 16.0 Å². The molecule has 1 aromatic rings. The number of anilines is 2. The van der Waals surface area contributed by atoms with Crippen LogP contribution >= 0.6 is 0 Å². The van der Waals surface area contributed by atoms with Crippen molar-refractivity contribution in [2.75, 3.05) is 37.3 Å². The predicted molar refractivity (Wildman–Crippen MR) is 158 cm³/mol. The minimum absolute atomic E-state index is 0.201. The fraction of sp³-hybridized carbons (Fsp3) is 0.733. The fourth-order valence-electron chi connectivity index (χ4n) is 5.77. The summed E-state index contributed by atoms with van der Waals surface area (Å²) in [5.74, 6) is 1.32. The van der Waals surface area contributed by atoms with Crippen molar-refractivity contribution in [3.8, 4) is 0 Å². The molecule has 0 aromatic carbocycles. The van der Waals surface area contributed by atoms with E-state index in [-0.39, 0.29) is 24.0 Å². The van der Waals surface area contributed by atoms with Gasteiger partial charge in [0.1, 0.15) is 23.3 Å². The largest absolute Gasteiger partial charge is 0.444 e. The Morgan fingerprint density at radius 3 is 2.49 bits per heavy atom. The van der Waals surface area contributed by atoms with E-state index >= 15 is 0 Å². The molecule has 3 N–H and O–H groups in total. The molecule has 3 fully saturated rings. The summed E-state index contributed by atoms with van der Waals surface area (Å²) in [6, 6.07) is 4.30. The zero-order valence-corrected chi connectivity index (χ0v) is 25.5. The molecule has 1 aromatic heterocycles. The Balaban J connectivity index is 1.21. The van der Waals surface area contributed by atoms with Crippen LogP contribution in [0.2, 0.25) is 0 Å². The lowest BCUT2D eigenvalue weighted by Gasteiger charge is -2.46.